The van der Waals surface area contributed by atoms with Crippen LogP contribution >= 0.6 is 12.6 Å². The molecule has 1 aromatic rings. The monoisotopic (exact) mass is 526 g/mol. The molecule has 0 radical (unpaired) electrons. The second-order valence-corrected chi connectivity index (χ2v) is 8.50. The molecule has 200 valence electrons. The summed E-state index contributed by atoms with van der Waals surface area (Å²) in [4.78, 5) is 60.6. The van der Waals surface area contributed by atoms with Crippen LogP contribution in [-0.2, 0) is 30.4 Å². The second kappa shape index (κ2) is 15.6. The molecule has 4 atom stereocenters. The molecule has 0 aliphatic heterocycles. The van der Waals surface area contributed by atoms with Gasteiger partial charge in [-0.15, -0.1) is 0 Å². The van der Waals surface area contributed by atoms with E-state index >= 15 is 0 Å². The minimum Gasteiger partial charge on any atom is -0.508 e. The zero-order valence-corrected chi connectivity index (χ0v) is 20.6. The summed E-state index contributed by atoms with van der Waals surface area (Å²) in [6, 6.07) is 1.04. The second-order valence-electron chi connectivity index (χ2n) is 8.14. The van der Waals surface area contributed by atoms with E-state index in [0.717, 1.165) is 0 Å². The molecule has 0 spiro atoms. The Morgan fingerprint density at radius 1 is 0.889 bits per heavy atom. The molecule has 0 aliphatic rings. The number of unbranched alkanes of at least 4 members (excludes halogenated alkanes) is 1. The third-order valence-electron chi connectivity index (χ3n) is 5.15. The number of carboxylic acids is 1. The number of hydrogen-bond acceptors (Lipinski definition) is 9. The van der Waals surface area contributed by atoms with Crippen molar-refractivity contribution in [2.24, 2.45) is 17.2 Å². The van der Waals surface area contributed by atoms with Crippen molar-refractivity contribution in [2.75, 3.05) is 12.3 Å². The molecule has 0 aliphatic carbocycles. The van der Waals surface area contributed by atoms with Crippen molar-refractivity contribution < 1.29 is 34.2 Å². The Morgan fingerprint density at radius 3 is 1.97 bits per heavy atom. The van der Waals surface area contributed by atoms with Gasteiger partial charge in [-0.25, -0.2) is 4.79 Å². The van der Waals surface area contributed by atoms with E-state index in [9.17, 15) is 34.2 Å². The van der Waals surface area contributed by atoms with Gasteiger partial charge >= 0.3 is 5.97 Å². The van der Waals surface area contributed by atoms with Gasteiger partial charge in [0.15, 0.2) is 0 Å². The Hall–Kier alpha value is -3.36. The van der Waals surface area contributed by atoms with Gasteiger partial charge in [-0.2, -0.15) is 12.6 Å². The van der Waals surface area contributed by atoms with E-state index in [2.05, 4.69) is 28.6 Å². The number of hydrogen-bond donors (Lipinski definition) is 9. The van der Waals surface area contributed by atoms with Crippen LogP contribution in [-0.4, -0.2) is 76.3 Å². The zero-order valence-electron chi connectivity index (χ0n) is 19.7. The van der Waals surface area contributed by atoms with Crippen molar-refractivity contribution in [2.45, 2.75) is 56.3 Å². The molecule has 0 saturated heterocycles. The number of amides is 4. The number of aliphatic carboxylic acids is 1. The molecule has 0 aromatic heterocycles. The SMILES string of the molecule is NCCCCC(N)C(=O)NC(Cc1ccc(O)cc1)C(=O)NC(CS)C(=O)NC(CC(N)=O)C(=O)O. The lowest BCUT2D eigenvalue weighted by atomic mass is 10.0. The summed E-state index contributed by atoms with van der Waals surface area (Å²) in [7, 11) is 0. The highest BCUT2D eigenvalue weighted by Gasteiger charge is 2.30. The summed E-state index contributed by atoms with van der Waals surface area (Å²) >= 11 is 4.04. The predicted molar refractivity (Wildman–Crippen MR) is 134 cm³/mol. The van der Waals surface area contributed by atoms with Crippen molar-refractivity contribution in [3.63, 3.8) is 0 Å². The molecule has 13 nitrogen and oxygen atoms in total. The molecule has 4 amide bonds. The van der Waals surface area contributed by atoms with E-state index in [1.165, 1.54) is 12.1 Å². The van der Waals surface area contributed by atoms with Crippen LogP contribution in [0.4, 0.5) is 0 Å². The number of aromatic hydroxyl groups is 1. The fraction of sp³-hybridized carbons (Fsp3) is 0.500. The molecule has 36 heavy (non-hydrogen) atoms. The molecule has 14 heteroatoms. The van der Waals surface area contributed by atoms with Gasteiger partial charge in [-0.1, -0.05) is 18.6 Å². The first-order chi connectivity index (χ1) is 17.0. The molecule has 1 aromatic carbocycles. The van der Waals surface area contributed by atoms with E-state index in [4.69, 9.17) is 17.2 Å². The normalized spacial score (nSPS) is 14.1. The molecule has 0 bridgehead atoms. The number of nitrogens with two attached hydrogens (primary N) is 3. The van der Waals surface area contributed by atoms with Gasteiger partial charge in [0.2, 0.25) is 23.6 Å². The maximum absolute atomic E-state index is 13.1. The molecular weight excluding hydrogens is 492 g/mol. The summed E-state index contributed by atoms with van der Waals surface area (Å²) in [5, 5.41) is 25.8. The van der Waals surface area contributed by atoms with Crippen LogP contribution in [0.1, 0.15) is 31.2 Å². The summed E-state index contributed by atoms with van der Waals surface area (Å²) in [6.07, 6.45) is 1.03. The van der Waals surface area contributed by atoms with Crippen molar-refractivity contribution >= 4 is 42.2 Å². The highest BCUT2D eigenvalue weighted by molar-refractivity contribution is 7.80. The van der Waals surface area contributed by atoms with Crippen LogP contribution in [0, 0.1) is 0 Å². The third-order valence-corrected chi connectivity index (χ3v) is 5.52. The van der Waals surface area contributed by atoms with E-state index in [1.54, 1.807) is 12.1 Å². The number of carboxylic acid groups (broad SMARTS) is 1. The summed E-state index contributed by atoms with van der Waals surface area (Å²) in [5.74, 6) is -4.84. The van der Waals surface area contributed by atoms with E-state index in [1.807, 2.05) is 0 Å². The number of phenolic OH excluding ortho intramolecular Hbond substituents is 1. The number of carbonyl (C=O) groups excluding carboxylic acids is 4. The Labute approximate surface area is 213 Å². The van der Waals surface area contributed by atoms with Gasteiger partial charge in [0.25, 0.3) is 0 Å². The van der Waals surface area contributed by atoms with Gasteiger partial charge in [-0.05, 0) is 37.1 Å². The highest BCUT2D eigenvalue weighted by atomic mass is 32.1. The first-order valence-corrected chi connectivity index (χ1v) is 11.9. The number of carbonyl (C=O) groups is 5. The first kappa shape index (κ1) is 30.7. The van der Waals surface area contributed by atoms with Crippen molar-refractivity contribution in [1.29, 1.82) is 0 Å². The molecule has 0 heterocycles. The number of phenols is 1. The Balaban J connectivity index is 2.99. The van der Waals surface area contributed by atoms with Gasteiger partial charge in [0.1, 0.15) is 23.9 Å². The molecule has 11 N–H and O–H groups in total. The van der Waals surface area contributed by atoms with Crippen molar-refractivity contribution in [3.05, 3.63) is 29.8 Å². The van der Waals surface area contributed by atoms with Gasteiger partial charge in [0, 0.05) is 12.2 Å². The first-order valence-electron chi connectivity index (χ1n) is 11.2. The van der Waals surface area contributed by atoms with E-state index in [-0.39, 0.29) is 17.9 Å². The summed E-state index contributed by atoms with van der Waals surface area (Å²) in [5.41, 5.74) is 17.0. The zero-order chi connectivity index (χ0) is 27.3. The Morgan fingerprint density at radius 2 is 1.44 bits per heavy atom. The van der Waals surface area contributed by atoms with Gasteiger partial charge in [-0.3, -0.25) is 19.2 Å². The molecule has 1 rings (SSSR count). The Bertz CT molecular complexity index is 915. The molecular formula is C22H34N6O7S. The average Bonchev–Trinajstić information content (AvgIpc) is 2.82. The fourth-order valence-corrected chi connectivity index (χ4v) is 3.39. The lowest BCUT2D eigenvalue weighted by molar-refractivity contribution is -0.143. The standard InChI is InChI=1S/C22H34N6O7S/c23-8-2-1-3-14(24)19(31)26-15(9-12-4-6-13(29)7-5-12)20(32)28-17(11-36)21(33)27-16(22(34)35)10-18(25)30/h4-7,14-17,29,36H,1-3,8-11,23-24H2,(H2,25,30)(H,26,31)(H,27,33)(H,28,32)(H,34,35). The fourth-order valence-electron chi connectivity index (χ4n) is 3.14. The number of rotatable bonds is 16. The number of thiol groups is 1. The third kappa shape index (κ3) is 10.9. The van der Waals surface area contributed by atoms with Crippen LogP contribution in [0.2, 0.25) is 0 Å². The largest absolute Gasteiger partial charge is 0.508 e. The lowest BCUT2D eigenvalue weighted by Gasteiger charge is -2.24. The molecule has 0 saturated carbocycles. The molecule has 4 unspecified atom stereocenters. The smallest absolute Gasteiger partial charge is 0.326 e. The summed E-state index contributed by atoms with van der Waals surface area (Å²) < 4.78 is 0. The van der Waals surface area contributed by atoms with Gasteiger partial charge in [0.05, 0.1) is 12.5 Å². The van der Waals surface area contributed by atoms with Gasteiger partial charge < -0.3 is 43.4 Å². The highest BCUT2D eigenvalue weighted by Crippen LogP contribution is 2.12. The topological polar surface area (TPSA) is 240 Å². The number of primary amides is 1. The summed E-state index contributed by atoms with van der Waals surface area (Å²) in [6.45, 7) is 0.454. The van der Waals surface area contributed by atoms with Crippen molar-refractivity contribution in [1.82, 2.24) is 16.0 Å². The maximum Gasteiger partial charge on any atom is 0.326 e. The van der Waals surface area contributed by atoms with Crippen molar-refractivity contribution in [3.8, 4) is 5.75 Å². The lowest BCUT2D eigenvalue weighted by Crippen LogP contribution is -2.58. The minimum absolute atomic E-state index is 0.00765. The van der Waals surface area contributed by atoms with E-state index in [0.29, 0.717) is 31.4 Å². The number of nitrogens with one attached hydrogen (secondary N) is 3. The minimum atomic E-state index is -1.59. The van der Waals surface area contributed by atoms with Crippen LogP contribution in [0.25, 0.3) is 0 Å². The molecule has 0 fully saturated rings. The Kier molecular flexibility index (Phi) is 13.3. The quantitative estimate of drug-likeness (QED) is 0.0832. The average molecular weight is 527 g/mol. The van der Waals surface area contributed by atoms with Crippen LogP contribution in [0.15, 0.2) is 24.3 Å². The van der Waals surface area contributed by atoms with Crippen LogP contribution < -0.4 is 33.2 Å². The van der Waals surface area contributed by atoms with Crippen LogP contribution in [0.3, 0.4) is 0 Å². The maximum atomic E-state index is 13.1. The van der Waals surface area contributed by atoms with E-state index < -0.39 is 60.2 Å². The number of benzene rings is 1. The van der Waals surface area contributed by atoms with Crippen LogP contribution in [0.5, 0.6) is 5.75 Å². The predicted octanol–water partition coefficient (Wildman–Crippen LogP) is -2.26.